The third-order valence-corrected chi connectivity index (χ3v) is 14.0. The molecule has 328 valence electrons. The van der Waals surface area contributed by atoms with Crippen LogP contribution in [0, 0.1) is 0 Å². The minimum absolute atomic E-state index is 0.0663. The van der Waals surface area contributed by atoms with Crippen LogP contribution < -0.4 is 9.80 Å². The number of aryl methyl sites for hydroxylation is 1. The van der Waals surface area contributed by atoms with Crippen molar-refractivity contribution in [3.63, 3.8) is 0 Å². The third kappa shape index (κ3) is 7.80. The van der Waals surface area contributed by atoms with Crippen molar-refractivity contribution < 1.29 is 4.42 Å². The van der Waals surface area contributed by atoms with E-state index in [1.165, 1.54) is 66.6 Å². The van der Waals surface area contributed by atoms with E-state index in [2.05, 4.69) is 240 Å². The first kappa shape index (κ1) is 43.5. The Bertz CT molecular complexity index is 2890. The van der Waals surface area contributed by atoms with Crippen molar-refractivity contribution in [2.45, 2.75) is 137 Å². The van der Waals surface area contributed by atoms with E-state index in [1.807, 2.05) is 0 Å². The largest absolute Gasteiger partial charge is 0.456 e. The summed E-state index contributed by atoms with van der Waals surface area (Å²) in [6.07, 6.45) is 2.01. The molecule has 0 fully saturated rings. The van der Waals surface area contributed by atoms with Crippen LogP contribution in [0.2, 0.25) is 0 Å². The number of anilines is 6. The minimum Gasteiger partial charge on any atom is -0.456 e. The van der Waals surface area contributed by atoms with E-state index >= 15 is 0 Å². The van der Waals surface area contributed by atoms with E-state index in [-0.39, 0.29) is 27.1 Å². The van der Waals surface area contributed by atoms with E-state index in [1.54, 1.807) is 0 Å². The van der Waals surface area contributed by atoms with Gasteiger partial charge in [-0.1, -0.05) is 152 Å². The molecule has 0 spiro atoms. The Kier molecular flexibility index (Phi) is 10.3. The summed E-state index contributed by atoms with van der Waals surface area (Å²) in [6.45, 7) is 32.2. The lowest BCUT2D eigenvalue weighted by Gasteiger charge is -2.36. The van der Waals surface area contributed by atoms with Crippen molar-refractivity contribution in [1.29, 1.82) is 0 Å². The topological polar surface area (TPSA) is 19.6 Å². The lowest BCUT2D eigenvalue weighted by atomic mass is 9.71. The fourth-order valence-electron chi connectivity index (χ4n) is 9.90. The Labute approximate surface area is 383 Å². The zero-order valence-electron chi connectivity index (χ0n) is 40.9. The summed E-state index contributed by atoms with van der Waals surface area (Å²) < 4.78 is 7.22. The minimum atomic E-state index is -0.0940. The fourth-order valence-corrected chi connectivity index (χ4v) is 9.90. The van der Waals surface area contributed by atoms with Crippen LogP contribution in [0.4, 0.5) is 34.1 Å². The number of hydrogen-bond acceptors (Lipinski definition) is 3. The van der Waals surface area contributed by atoms with Crippen LogP contribution in [0.3, 0.4) is 0 Å². The highest BCUT2D eigenvalue weighted by Gasteiger charge is 2.35. The van der Waals surface area contributed by atoms with Gasteiger partial charge in [-0.3, -0.25) is 0 Å². The molecular formula is C61H68N2O. The maximum absolute atomic E-state index is 7.22. The molecule has 0 saturated carbocycles. The molecule has 64 heavy (non-hydrogen) atoms. The zero-order chi connectivity index (χ0) is 45.7. The molecule has 9 rings (SSSR count). The number of furan rings is 1. The van der Waals surface area contributed by atoms with Gasteiger partial charge in [0.2, 0.25) is 0 Å². The first-order valence-corrected chi connectivity index (χ1v) is 23.5. The molecule has 0 atom stereocenters. The predicted octanol–water partition coefficient (Wildman–Crippen LogP) is 18.1. The van der Waals surface area contributed by atoms with Crippen LogP contribution in [0.1, 0.15) is 137 Å². The van der Waals surface area contributed by atoms with Crippen LogP contribution >= 0.6 is 0 Å². The van der Waals surface area contributed by atoms with Gasteiger partial charge in [-0.25, -0.2) is 0 Å². The molecular weight excluding hydrogens is 777 g/mol. The average molecular weight is 845 g/mol. The quantitative estimate of drug-likeness (QED) is 0.166. The first-order valence-electron chi connectivity index (χ1n) is 23.5. The first-order chi connectivity index (χ1) is 30.0. The van der Waals surface area contributed by atoms with Gasteiger partial charge < -0.3 is 14.2 Å². The van der Waals surface area contributed by atoms with Crippen molar-refractivity contribution in [1.82, 2.24) is 0 Å². The summed E-state index contributed by atoms with van der Waals surface area (Å²) in [7, 11) is 0. The normalized spacial score (nSPS) is 14.4. The summed E-state index contributed by atoms with van der Waals surface area (Å²) in [5.41, 5.74) is 17.0. The van der Waals surface area contributed by atoms with Gasteiger partial charge in [0.1, 0.15) is 11.2 Å². The Balaban J connectivity index is 1.23. The van der Waals surface area contributed by atoms with E-state index in [9.17, 15) is 0 Å². The zero-order valence-corrected chi connectivity index (χ0v) is 40.9. The number of benzene rings is 7. The molecule has 0 aliphatic heterocycles. The third-order valence-electron chi connectivity index (χ3n) is 14.0. The average Bonchev–Trinajstić information content (AvgIpc) is 3.59. The van der Waals surface area contributed by atoms with Crippen molar-refractivity contribution in [3.05, 3.63) is 167 Å². The highest BCUT2D eigenvalue weighted by molar-refractivity contribution is 6.15. The van der Waals surface area contributed by atoms with Gasteiger partial charge >= 0.3 is 0 Å². The number of nitrogens with zero attached hydrogens (tertiary/aromatic N) is 2. The highest BCUT2D eigenvalue weighted by Crippen LogP contribution is 2.52. The van der Waals surface area contributed by atoms with E-state index in [4.69, 9.17) is 4.42 Å². The standard InChI is InChI=1S/C61H68N2O/c1-57(2,3)40-16-24-44(25-17-40)62(45-26-18-41(19-27-45)58(4,5)6)48-32-33-49-51-37-39-15-34-52(50-35-36-61(13,14)55(54(39)50)56(51)64-53(49)38-48)63(46-28-20-42(21-29-46)59(7,8)9)47-30-22-43(23-31-47)60(10,11)12/h15-34,37-38H,35-36H2,1-14H3. The van der Waals surface area contributed by atoms with Crippen molar-refractivity contribution in [2.75, 3.05) is 9.80 Å². The van der Waals surface area contributed by atoms with E-state index in [0.29, 0.717) is 0 Å². The predicted molar refractivity (Wildman–Crippen MR) is 277 cm³/mol. The summed E-state index contributed by atoms with van der Waals surface area (Å²) in [5, 5.41) is 4.93. The molecule has 0 saturated heterocycles. The summed E-state index contributed by atoms with van der Waals surface area (Å²) in [4.78, 5) is 4.86. The molecule has 0 radical (unpaired) electrons. The highest BCUT2D eigenvalue weighted by atomic mass is 16.3. The van der Waals surface area contributed by atoms with E-state index < -0.39 is 0 Å². The summed E-state index contributed by atoms with van der Waals surface area (Å²) in [5.74, 6) is 0. The second-order valence-electron chi connectivity index (χ2n) is 23.3. The fraction of sp³-hybridized carbons (Fsp3) is 0.344. The second kappa shape index (κ2) is 15.2. The Morgan fingerprint density at radius 2 is 0.844 bits per heavy atom. The molecule has 0 amide bonds. The van der Waals surface area contributed by atoms with Gasteiger partial charge in [-0.15, -0.1) is 0 Å². The molecule has 1 aliphatic rings. The Morgan fingerprint density at radius 3 is 1.27 bits per heavy atom. The molecule has 1 aliphatic carbocycles. The molecule has 1 aromatic heterocycles. The van der Waals surface area contributed by atoms with Gasteiger partial charge in [0.15, 0.2) is 0 Å². The van der Waals surface area contributed by atoms with Gasteiger partial charge in [-0.2, -0.15) is 0 Å². The van der Waals surface area contributed by atoms with Crippen molar-refractivity contribution in [2.24, 2.45) is 0 Å². The van der Waals surface area contributed by atoms with Gasteiger partial charge in [0, 0.05) is 56.5 Å². The van der Waals surface area contributed by atoms with Crippen molar-refractivity contribution >= 4 is 66.8 Å². The lowest BCUT2D eigenvalue weighted by Crippen LogP contribution is -2.25. The maximum Gasteiger partial charge on any atom is 0.139 e. The molecule has 0 bridgehead atoms. The molecule has 8 aromatic rings. The smallest absolute Gasteiger partial charge is 0.139 e. The van der Waals surface area contributed by atoms with Crippen LogP contribution in [0.5, 0.6) is 0 Å². The van der Waals surface area contributed by atoms with Gasteiger partial charge in [-0.05, 0) is 151 Å². The molecule has 3 nitrogen and oxygen atoms in total. The van der Waals surface area contributed by atoms with Crippen LogP contribution in [0.25, 0.3) is 32.7 Å². The molecule has 7 aromatic carbocycles. The number of fused-ring (bicyclic) bond motifs is 4. The van der Waals surface area contributed by atoms with Gasteiger partial charge in [0.05, 0.1) is 0 Å². The molecule has 0 N–H and O–H groups in total. The monoisotopic (exact) mass is 845 g/mol. The Morgan fingerprint density at radius 1 is 0.438 bits per heavy atom. The molecule has 1 heterocycles. The summed E-state index contributed by atoms with van der Waals surface area (Å²) >= 11 is 0. The van der Waals surface area contributed by atoms with Crippen LogP contribution in [-0.4, -0.2) is 0 Å². The van der Waals surface area contributed by atoms with Gasteiger partial charge in [0.25, 0.3) is 0 Å². The van der Waals surface area contributed by atoms with Crippen LogP contribution in [-0.2, 0) is 33.5 Å². The maximum atomic E-state index is 7.22. The SMILES string of the molecule is CC(C)(C)c1ccc(N(c2ccc(C(C)(C)C)cc2)c2ccc3c(c2)oc2c4c5c(c(N(c6ccc(C(C)(C)C)cc6)c6ccc(C(C)(C)C)cc6)ccc5cc23)CCC4(C)C)cc1. The number of rotatable bonds is 6. The second-order valence-corrected chi connectivity index (χ2v) is 23.3. The molecule has 0 unspecified atom stereocenters. The lowest BCUT2D eigenvalue weighted by molar-refractivity contribution is 0.471. The Hall–Kier alpha value is -5.80. The van der Waals surface area contributed by atoms with Crippen molar-refractivity contribution in [3.8, 4) is 0 Å². The molecule has 3 heteroatoms. The number of hydrogen-bond donors (Lipinski definition) is 0. The van der Waals surface area contributed by atoms with Crippen LogP contribution in [0.15, 0.2) is 138 Å². The van der Waals surface area contributed by atoms with E-state index in [0.717, 1.165) is 46.5 Å². The summed E-state index contributed by atoms with van der Waals surface area (Å²) in [6, 6.07) is 50.6.